The maximum atomic E-state index is 13.6. The number of aliphatic hydroxyl groups is 1. The van der Waals surface area contributed by atoms with E-state index in [1.54, 1.807) is 0 Å². The monoisotopic (exact) mass is 472 g/mol. The van der Waals surface area contributed by atoms with Crippen molar-refractivity contribution in [1.82, 2.24) is 4.31 Å². The number of hydrogen-bond donors (Lipinski definition) is 2. The molecule has 1 saturated heterocycles. The van der Waals surface area contributed by atoms with Crippen molar-refractivity contribution in [1.29, 1.82) is 0 Å². The zero-order valence-electron chi connectivity index (χ0n) is 17.3. The molecule has 32 heavy (non-hydrogen) atoms. The second-order valence-electron chi connectivity index (χ2n) is 7.74. The van der Waals surface area contributed by atoms with Gasteiger partial charge < -0.3 is 15.2 Å². The van der Waals surface area contributed by atoms with E-state index < -0.39 is 44.7 Å². The van der Waals surface area contributed by atoms with Crippen LogP contribution in [0.15, 0.2) is 41.3 Å². The number of sulfonamides is 1. The van der Waals surface area contributed by atoms with E-state index in [1.807, 2.05) is 0 Å². The highest BCUT2D eigenvalue weighted by molar-refractivity contribution is 7.89. The summed E-state index contributed by atoms with van der Waals surface area (Å²) in [7, 11) is -4.29. The third-order valence-corrected chi connectivity index (χ3v) is 6.98. The average molecular weight is 472 g/mol. The highest BCUT2D eigenvalue weighted by Crippen LogP contribution is 2.26. The Morgan fingerprint density at radius 3 is 2.62 bits per heavy atom. The van der Waals surface area contributed by atoms with Crippen molar-refractivity contribution >= 4 is 21.6 Å². The van der Waals surface area contributed by atoms with Crippen molar-refractivity contribution in [3.63, 3.8) is 0 Å². The van der Waals surface area contributed by atoms with Crippen molar-refractivity contribution in [3.8, 4) is 0 Å². The molecule has 0 bridgehead atoms. The van der Waals surface area contributed by atoms with Crippen LogP contribution in [-0.2, 0) is 21.4 Å². The zero-order valence-corrected chi connectivity index (χ0v) is 18.1. The molecule has 0 aromatic heterocycles. The molecule has 174 valence electrons. The van der Waals surface area contributed by atoms with Crippen molar-refractivity contribution in [3.05, 3.63) is 59.2 Å². The molecule has 0 aliphatic carbocycles. The summed E-state index contributed by atoms with van der Waals surface area (Å²) in [5.74, 6) is -3.04. The summed E-state index contributed by atoms with van der Waals surface area (Å²) in [6.07, 6.45) is 0.214. The number of carbonyl (C=O) groups is 1. The van der Waals surface area contributed by atoms with Gasteiger partial charge in [0.2, 0.25) is 10.0 Å². The minimum atomic E-state index is -4.29. The van der Waals surface area contributed by atoms with Crippen LogP contribution in [0.4, 0.5) is 18.9 Å². The van der Waals surface area contributed by atoms with Gasteiger partial charge in [-0.25, -0.2) is 21.6 Å². The average Bonchev–Trinajstić information content (AvgIpc) is 2.73. The van der Waals surface area contributed by atoms with E-state index in [1.165, 1.54) is 19.1 Å². The fourth-order valence-electron chi connectivity index (χ4n) is 3.27. The minimum absolute atomic E-state index is 0.0372. The number of anilines is 1. The van der Waals surface area contributed by atoms with Gasteiger partial charge in [-0.3, -0.25) is 4.79 Å². The molecule has 1 atom stereocenters. The van der Waals surface area contributed by atoms with Gasteiger partial charge in [0.05, 0.1) is 17.1 Å². The predicted molar refractivity (Wildman–Crippen MR) is 110 cm³/mol. The zero-order chi connectivity index (χ0) is 23.5. The Morgan fingerprint density at radius 1 is 1.19 bits per heavy atom. The van der Waals surface area contributed by atoms with Gasteiger partial charge >= 0.3 is 0 Å². The van der Waals surface area contributed by atoms with E-state index >= 15 is 0 Å². The minimum Gasteiger partial charge on any atom is -0.389 e. The third-order valence-electron chi connectivity index (χ3n) is 5.06. The molecule has 0 spiro atoms. The molecule has 1 aliphatic heterocycles. The van der Waals surface area contributed by atoms with Gasteiger partial charge in [-0.2, -0.15) is 4.31 Å². The lowest BCUT2D eigenvalue weighted by atomic mass is 10.0. The van der Waals surface area contributed by atoms with Crippen molar-refractivity contribution < 1.29 is 36.2 Å². The largest absolute Gasteiger partial charge is 0.389 e. The molecule has 1 fully saturated rings. The van der Waals surface area contributed by atoms with E-state index in [0.29, 0.717) is 0 Å². The first-order valence-electron chi connectivity index (χ1n) is 9.79. The van der Waals surface area contributed by atoms with Crippen LogP contribution >= 0.6 is 0 Å². The van der Waals surface area contributed by atoms with Crippen LogP contribution in [0.5, 0.6) is 0 Å². The maximum Gasteiger partial charge on any atom is 0.255 e. The molecule has 1 aliphatic rings. The Kier molecular flexibility index (Phi) is 7.23. The second kappa shape index (κ2) is 9.57. The Balaban J connectivity index is 1.94. The summed E-state index contributed by atoms with van der Waals surface area (Å²) >= 11 is 0. The molecule has 1 heterocycles. The summed E-state index contributed by atoms with van der Waals surface area (Å²) in [6, 6.07) is 6.19. The lowest BCUT2D eigenvalue weighted by Crippen LogP contribution is -2.47. The Labute approximate surface area is 183 Å². The van der Waals surface area contributed by atoms with Gasteiger partial charge in [0, 0.05) is 49.0 Å². The molecule has 7 nitrogen and oxygen atoms in total. The number of ether oxygens (including phenoxy) is 1. The number of alkyl halides is 1. The first kappa shape index (κ1) is 24.2. The molecule has 1 unspecified atom stereocenters. The van der Waals surface area contributed by atoms with E-state index in [9.17, 15) is 31.5 Å². The number of amides is 1. The summed E-state index contributed by atoms with van der Waals surface area (Å²) in [4.78, 5) is 12.2. The normalized spacial score (nSPS) is 20.4. The summed E-state index contributed by atoms with van der Waals surface area (Å²) < 4.78 is 73.0. The Bertz CT molecular complexity index is 1110. The lowest BCUT2D eigenvalue weighted by molar-refractivity contribution is -0.0198. The van der Waals surface area contributed by atoms with Gasteiger partial charge in [0.1, 0.15) is 6.67 Å². The van der Waals surface area contributed by atoms with Crippen LogP contribution in [0, 0.1) is 11.6 Å². The summed E-state index contributed by atoms with van der Waals surface area (Å²) in [5.41, 5.74) is -1.67. The fraction of sp³-hybridized carbons (Fsp3) is 0.381. The smallest absolute Gasteiger partial charge is 0.255 e. The van der Waals surface area contributed by atoms with Crippen LogP contribution in [0.1, 0.15) is 29.3 Å². The second-order valence-corrected chi connectivity index (χ2v) is 9.64. The van der Waals surface area contributed by atoms with Gasteiger partial charge in [0.25, 0.3) is 5.91 Å². The Morgan fingerprint density at radius 2 is 1.94 bits per heavy atom. The summed E-state index contributed by atoms with van der Waals surface area (Å²) in [5, 5.41) is 12.8. The number of benzene rings is 2. The molecule has 2 N–H and O–H groups in total. The van der Waals surface area contributed by atoms with Crippen molar-refractivity contribution in [2.24, 2.45) is 0 Å². The molecule has 11 heteroatoms. The first-order valence-corrected chi connectivity index (χ1v) is 11.2. The number of halogens is 3. The molecule has 1 amide bonds. The highest BCUT2D eigenvalue weighted by atomic mass is 32.2. The van der Waals surface area contributed by atoms with E-state index in [4.69, 9.17) is 4.74 Å². The molecule has 0 saturated carbocycles. The van der Waals surface area contributed by atoms with Crippen LogP contribution in [0.25, 0.3) is 0 Å². The molecule has 0 radical (unpaired) electrons. The number of hydrogen-bond acceptors (Lipinski definition) is 5. The van der Waals surface area contributed by atoms with Gasteiger partial charge in [0.15, 0.2) is 11.6 Å². The van der Waals surface area contributed by atoms with Gasteiger partial charge in [-0.15, -0.1) is 0 Å². The maximum absolute atomic E-state index is 13.6. The fourth-order valence-corrected chi connectivity index (χ4v) is 5.04. The van der Waals surface area contributed by atoms with Crippen molar-refractivity contribution in [2.75, 3.05) is 31.6 Å². The molecule has 2 aromatic carbocycles. The van der Waals surface area contributed by atoms with Crippen LogP contribution in [-0.4, -0.2) is 55.6 Å². The predicted octanol–water partition coefficient (Wildman–Crippen LogP) is 2.85. The first-order chi connectivity index (χ1) is 15.0. The van der Waals surface area contributed by atoms with Gasteiger partial charge in [-0.05, 0) is 31.2 Å². The summed E-state index contributed by atoms with van der Waals surface area (Å²) in [6.45, 7) is 0.463. The number of carbonyl (C=O) groups excluding carboxylic acids is 1. The lowest BCUT2D eigenvalue weighted by Gasteiger charge is -2.33. The number of nitrogens with zero attached hydrogens (tertiary/aromatic N) is 1. The number of rotatable bonds is 5. The molecule has 3 rings (SSSR count). The molecular weight excluding hydrogens is 449 g/mol. The van der Waals surface area contributed by atoms with E-state index in [2.05, 4.69) is 5.32 Å². The van der Waals surface area contributed by atoms with Crippen molar-refractivity contribution in [2.45, 2.75) is 30.5 Å². The van der Waals surface area contributed by atoms with Crippen LogP contribution in [0.3, 0.4) is 0 Å². The van der Waals surface area contributed by atoms with Gasteiger partial charge in [-0.1, -0.05) is 6.07 Å². The standard InChI is InChI=1S/C21H23F3N2O5S/c1-21(28)6-8-31-9-7-26(13-21)32(29,30)19-10-14(2-3-15(19)12-22)20(27)25-16-4-5-17(23)18(24)11-16/h2-5,10-11,28H,6-9,12-13H2,1H3,(H,25,27). The van der Waals surface area contributed by atoms with E-state index in [-0.39, 0.29) is 49.5 Å². The highest BCUT2D eigenvalue weighted by Gasteiger charge is 2.34. The quantitative estimate of drug-likeness (QED) is 0.698. The third kappa shape index (κ3) is 5.47. The van der Waals surface area contributed by atoms with Crippen LogP contribution in [0.2, 0.25) is 0 Å². The number of nitrogens with one attached hydrogen (secondary N) is 1. The van der Waals surface area contributed by atoms with Crippen LogP contribution < -0.4 is 5.32 Å². The Hall–Kier alpha value is -2.47. The topological polar surface area (TPSA) is 95.9 Å². The molecular formula is C21H23F3N2O5S. The van der Waals surface area contributed by atoms with E-state index in [0.717, 1.165) is 28.6 Å². The molecule has 2 aromatic rings. The SMILES string of the molecule is CC1(O)CCOCCN(S(=O)(=O)c2cc(C(=O)Nc3ccc(F)c(F)c3)ccc2CF)C1. The number of β-amino-alcohol motifs (C(OH)–C–C–N with tert-alkyl or cyclic N) is 1.